The normalized spacial score (nSPS) is 10.5. The molecule has 0 bridgehead atoms. The molecule has 0 saturated heterocycles. The summed E-state index contributed by atoms with van der Waals surface area (Å²) < 4.78 is 0. The van der Waals surface area contributed by atoms with Crippen molar-refractivity contribution in [2.45, 2.75) is 25.7 Å². The monoisotopic (exact) mass is 216 g/mol. The summed E-state index contributed by atoms with van der Waals surface area (Å²) in [5.41, 5.74) is 6.81. The van der Waals surface area contributed by atoms with Crippen molar-refractivity contribution in [3.8, 4) is 0 Å². The second-order valence-electron chi connectivity index (χ2n) is 3.83. The van der Waals surface area contributed by atoms with Crippen LogP contribution in [-0.2, 0) is 12.8 Å². The van der Waals surface area contributed by atoms with Gasteiger partial charge in [0.25, 0.3) is 0 Å². The molecular weight excluding hydrogens is 200 g/mol. The third-order valence-electron chi connectivity index (χ3n) is 2.52. The fourth-order valence-electron chi connectivity index (χ4n) is 1.69. The molecule has 0 unspecified atom stereocenters. The zero-order valence-corrected chi connectivity index (χ0v) is 9.19. The Kier molecular flexibility index (Phi) is 3.53. The van der Waals surface area contributed by atoms with Gasteiger partial charge in [0.1, 0.15) is 5.82 Å². The number of aryl methyl sites for hydroxylation is 2. The molecule has 2 rings (SSSR count). The molecule has 4 nitrogen and oxygen atoms in total. The van der Waals surface area contributed by atoms with E-state index in [2.05, 4.69) is 39.4 Å². The second kappa shape index (κ2) is 5.30. The minimum atomic E-state index is 0.332. The largest absolute Gasteiger partial charge is 0.367 e. The molecule has 0 aliphatic heterocycles. The van der Waals surface area contributed by atoms with E-state index in [1.165, 1.54) is 5.56 Å². The first-order valence-corrected chi connectivity index (χ1v) is 5.55. The van der Waals surface area contributed by atoms with Gasteiger partial charge < -0.3 is 5.73 Å². The fourth-order valence-corrected chi connectivity index (χ4v) is 1.69. The first kappa shape index (κ1) is 10.7. The molecule has 4 heteroatoms. The first-order chi connectivity index (χ1) is 7.84. The van der Waals surface area contributed by atoms with Gasteiger partial charge in [-0.25, -0.2) is 0 Å². The van der Waals surface area contributed by atoms with Crippen LogP contribution in [0.1, 0.15) is 24.2 Å². The van der Waals surface area contributed by atoms with Crippen molar-refractivity contribution >= 4 is 5.95 Å². The number of hydrogen-bond acceptors (Lipinski definition) is 3. The molecule has 0 radical (unpaired) electrons. The highest BCUT2D eigenvalue weighted by molar-refractivity contribution is 5.15. The van der Waals surface area contributed by atoms with Crippen LogP contribution in [0.15, 0.2) is 30.3 Å². The Bertz CT molecular complexity index is 422. The van der Waals surface area contributed by atoms with Crippen molar-refractivity contribution in [1.29, 1.82) is 0 Å². The van der Waals surface area contributed by atoms with E-state index in [9.17, 15) is 0 Å². The van der Waals surface area contributed by atoms with Gasteiger partial charge >= 0.3 is 0 Å². The van der Waals surface area contributed by atoms with Crippen LogP contribution in [0, 0.1) is 0 Å². The Morgan fingerprint density at radius 1 is 1.06 bits per heavy atom. The highest BCUT2D eigenvalue weighted by Crippen LogP contribution is 2.06. The predicted octanol–water partition coefficient (Wildman–Crippen LogP) is 1.95. The molecule has 1 aromatic heterocycles. The third kappa shape index (κ3) is 3.08. The van der Waals surface area contributed by atoms with Gasteiger partial charge in [0.15, 0.2) is 0 Å². The molecule has 84 valence electrons. The number of hydrogen-bond donors (Lipinski definition) is 2. The van der Waals surface area contributed by atoms with Gasteiger partial charge in [-0.2, -0.15) is 4.98 Å². The topological polar surface area (TPSA) is 67.6 Å². The lowest BCUT2D eigenvalue weighted by molar-refractivity contribution is 0.709. The number of nitrogen functional groups attached to an aromatic ring is 1. The summed E-state index contributed by atoms with van der Waals surface area (Å²) in [6.45, 7) is 0. The summed E-state index contributed by atoms with van der Waals surface area (Å²) in [6, 6.07) is 10.5. The van der Waals surface area contributed by atoms with Crippen LogP contribution < -0.4 is 5.73 Å². The van der Waals surface area contributed by atoms with Gasteiger partial charge in [-0.3, -0.25) is 5.10 Å². The van der Waals surface area contributed by atoms with E-state index in [1.54, 1.807) is 0 Å². The van der Waals surface area contributed by atoms with Gasteiger partial charge in [0.2, 0.25) is 5.95 Å². The van der Waals surface area contributed by atoms with E-state index in [-0.39, 0.29) is 0 Å². The fraction of sp³-hybridized carbons (Fsp3) is 0.333. The predicted molar refractivity (Wildman–Crippen MR) is 63.9 cm³/mol. The average Bonchev–Trinajstić information content (AvgIpc) is 2.72. The Hall–Kier alpha value is -1.84. The van der Waals surface area contributed by atoms with Crippen molar-refractivity contribution in [3.63, 3.8) is 0 Å². The van der Waals surface area contributed by atoms with Crippen LogP contribution in [0.2, 0.25) is 0 Å². The Labute approximate surface area is 94.9 Å². The molecular formula is C12H16N4. The van der Waals surface area contributed by atoms with Crippen LogP contribution in [0.5, 0.6) is 0 Å². The van der Waals surface area contributed by atoms with Gasteiger partial charge in [0.05, 0.1) is 0 Å². The zero-order chi connectivity index (χ0) is 11.2. The van der Waals surface area contributed by atoms with E-state index >= 15 is 0 Å². The summed E-state index contributed by atoms with van der Waals surface area (Å²) in [5, 5.41) is 6.61. The maximum Gasteiger partial charge on any atom is 0.239 e. The SMILES string of the molecule is Nc1n[nH]c(CCCCc2ccccc2)n1. The first-order valence-electron chi connectivity index (χ1n) is 5.55. The van der Waals surface area contributed by atoms with Crippen LogP contribution in [0.3, 0.4) is 0 Å². The van der Waals surface area contributed by atoms with Crippen LogP contribution in [0.4, 0.5) is 5.95 Å². The third-order valence-corrected chi connectivity index (χ3v) is 2.52. The number of nitrogens with two attached hydrogens (primary N) is 1. The van der Waals surface area contributed by atoms with Gasteiger partial charge in [-0.1, -0.05) is 30.3 Å². The summed E-state index contributed by atoms with van der Waals surface area (Å²) in [5.74, 6) is 1.21. The molecule has 0 saturated carbocycles. The van der Waals surface area contributed by atoms with Gasteiger partial charge in [-0.05, 0) is 24.8 Å². The number of benzene rings is 1. The number of aromatic nitrogens is 3. The molecule has 0 aliphatic rings. The maximum absolute atomic E-state index is 5.42. The number of nitrogens with one attached hydrogen (secondary N) is 1. The molecule has 1 heterocycles. The Morgan fingerprint density at radius 2 is 1.81 bits per heavy atom. The van der Waals surface area contributed by atoms with E-state index < -0.39 is 0 Å². The molecule has 0 spiro atoms. The number of nitrogens with zero attached hydrogens (tertiary/aromatic N) is 2. The summed E-state index contributed by atoms with van der Waals surface area (Å²) >= 11 is 0. The maximum atomic E-state index is 5.42. The van der Waals surface area contributed by atoms with E-state index in [1.807, 2.05) is 6.07 Å². The molecule has 16 heavy (non-hydrogen) atoms. The highest BCUT2D eigenvalue weighted by atomic mass is 15.3. The standard InChI is InChI=1S/C12H16N4/c13-12-14-11(15-16-12)9-5-4-8-10-6-2-1-3-7-10/h1-3,6-7H,4-5,8-9H2,(H3,13,14,15,16). The Morgan fingerprint density at radius 3 is 2.50 bits per heavy atom. The number of unbranched alkanes of at least 4 members (excludes halogenated alkanes) is 1. The van der Waals surface area contributed by atoms with Crippen molar-refractivity contribution in [2.24, 2.45) is 0 Å². The summed E-state index contributed by atoms with van der Waals surface area (Å²) in [7, 11) is 0. The van der Waals surface area contributed by atoms with Gasteiger partial charge in [0, 0.05) is 6.42 Å². The number of anilines is 1. The number of rotatable bonds is 5. The minimum Gasteiger partial charge on any atom is -0.367 e. The van der Waals surface area contributed by atoms with Crippen LogP contribution in [-0.4, -0.2) is 15.2 Å². The van der Waals surface area contributed by atoms with Crippen LogP contribution >= 0.6 is 0 Å². The lowest BCUT2D eigenvalue weighted by atomic mass is 10.1. The van der Waals surface area contributed by atoms with Crippen molar-refractivity contribution < 1.29 is 0 Å². The molecule has 2 aromatic rings. The molecule has 0 aliphatic carbocycles. The molecule has 3 N–H and O–H groups in total. The Balaban J connectivity index is 1.69. The van der Waals surface area contributed by atoms with Gasteiger partial charge in [-0.15, -0.1) is 5.10 Å². The zero-order valence-electron chi connectivity index (χ0n) is 9.19. The molecule has 0 amide bonds. The van der Waals surface area contributed by atoms with E-state index in [0.29, 0.717) is 5.95 Å². The van der Waals surface area contributed by atoms with Crippen molar-refractivity contribution in [1.82, 2.24) is 15.2 Å². The van der Waals surface area contributed by atoms with E-state index in [4.69, 9.17) is 5.73 Å². The van der Waals surface area contributed by atoms with E-state index in [0.717, 1.165) is 31.5 Å². The lowest BCUT2D eigenvalue weighted by Gasteiger charge is -1.99. The molecule has 1 aromatic carbocycles. The van der Waals surface area contributed by atoms with Crippen molar-refractivity contribution in [3.05, 3.63) is 41.7 Å². The highest BCUT2D eigenvalue weighted by Gasteiger charge is 1.99. The molecule has 0 fully saturated rings. The smallest absolute Gasteiger partial charge is 0.239 e. The van der Waals surface area contributed by atoms with Crippen LogP contribution in [0.25, 0.3) is 0 Å². The quantitative estimate of drug-likeness (QED) is 0.751. The second-order valence-corrected chi connectivity index (χ2v) is 3.83. The summed E-state index contributed by atoms with van der Waals surface area (Å²) in [4.78, 5) is 4.07. The lowest BCUT2D eigenvalue weighted by Crippen LogP contribution is -1.91. The number of H-pyrrole nitrogens is 1. The summed E-state index contributed by atoms with van der Waals surface area (Å²) in [6.07, 6.45) is 4.29. The number of aromatic amines is 1. The van der Waals surface area contributed by atoms with Crippen molar-refractivity contribution in [2.75, 3.05) is 5.73 Å². The molecule has 0 atom stereocenters. The average molecular weight is 216 g/mol. The minimum absolute atomic E-state index is 0.332.